The first-order valence-corrected chi connectivity index (χ1v) is 5.66. The molecule has 0 fully saturated rings. The molecule has 0 heterocycles. The Morgan fingerprint density at radius 2 is 1.90 bits per heavy atom. The second-order valence-corrected chi connectivity index (χ2v) is 3.91. The van der Waals surface area contributed by atoms with E-state index in [9.17, 15) is 22.4 Å². The number of alkyl halides is 3. The normalized spacial score (nSPS) is 10.8. The molecule has 0 saturated carbocycles. The Bertz CT molecular complexity index is 452. The molecule has 0 aliphatic carbocycles. The quantitative estimate of drug-likeness (QED) is 0.648. The van der Waals surface area contributed by atoms with E-state index in [0.717, 1.165) is 6.07 Å². The Hall–Kier alpha value is -1.34. The molecule has 1 amide bonds. The molecule has 2 N–H and O–H groups in total. The van der Waals surface area contributed by atoms with Gasteiger partial charge in [-0.1, -0.05) is 0 Å². The maximum absolute atomic E-state index is 13.0. The zero-order valence-electron chi connectivity index (χ0n) is 10.7. The largest absolute Gasteiger partial charge is 0.419 e. The molecule has 1 rings (SSSR count). The van der Waals surface area contributed by atoms with E-state index < -0.39 is 23.5 Å². The summed E-state index contributed by atoms with van der Waals surface area (Å²) in [5.74, 6) is -2.04. The van der Waals surface area contributed by atoms with Crippen molar-refractivity contribution < 1.29 is 22.4 Å². The van der Waals surface area contributed by atoms with E-state index in [2.05, 4.69) is 10.6 Å². The number of nitrogens with one attached hydrogen (secondary N) is 2. The molecule has 20 heavy (non-hydrogen) atoms. The lowest BCUT2D eigenvalue weighted by atomic mass is 10.1. The molecule has 0 spiro atoms. The molecular weight excluding hydrogens is 300 g/mol. The van der Waals surface area contributed by atoms with Gasteiger partial charge in [-0.05, 0) is 38.2 Å². The van der Waals surface area contributed by atoms with Gasteiger partial charge in [-0.3, -0.25) is 4.79 Å². The van der Waals surface area contributed by atoms with Gasteiger partial charge in [0.05, 0.1) is 5.56 Å². The van der Waals surface area contributed by atoms with Crippen LogP contribution in [0, 0.1) is 5.82 Å². The van der Waals surface area contributed by atoms with Crippen LogP contribution < -0.4 is 10.6 Å². The van der Waals surface area contributed by atoms with Gasteiger partial charge in [-0.2, -0.15) is 13.2 Å². The number of carbonyl (C=O) groups excluding carboxylic acids is 1. The summed E-state index contributed by atoms with van der Waals surface area (Å²) >= 11 is 0. The molecule has 3 nitrogen and oxygen atoms in total. The Morgan fingerprint density at radius 1 is 1.25 bits per heavy atom. The zero-order valence-corrected chi connectivity index (χ0v) is 11.5. The number of hydrogen-bond acceptors (Lipinski definition) is 2. The summed E-state index contributed by atoms with van der Waals surface area (Å²) in [5, 5.41) is 5.33. The highest BCUT2D eigenvalue weighted by molar-refractivity contribution is 5.94. The van der Waals surface area contributed by atoms with Crippen molar-refractivity contribution in [1.29, 1.82) is 0 Å². The minimum absolute atomic E-state index is 0. The van der Waals surface area contributed by atoms with Gasteiger partial charge in [0.1, 0.15) is 5.82 Å². The van der Waals surface area contributed by atoms with E-state index in [1.54, 1.807) is 7.05 Å². The predicted octanol–water partition coefficient (Wildman–Crippen LogP) is 2.61. The molecule has 0 aliphatic heterocycles. The number of halogens is 5. The summed E-state index contributed by atoms with van der Waals surface area (Å²) < 4.78 is 50.4. The Morgan fingerprint density at radius 3 is 2.45 bits per heavy atom. The van der Waals surface area contributed by atoms with Gasteiger partial charge in [0.15, 0.2) is 0 Å². The lowest BCUT2D eigenvalue weighted by Crippen LogP contribution is -2.27. The summed E-state index contributed by atoms with van der Waals surface area (Å²) in [4.78, 5) is 11.6. The maximum Gasteiger partial charge on any atom is 0.419 e. The molecule has 114 valence electrons. The van der Waals surface area contributed by atoms with Gasteiger partial charge >= 0.3 is 6.18 Å². The summed E-state index contributed by atoms with van der Waals surface area (Å²) in [6.07, 6.45) is -4.16. The lowest BCUT2D eigenvalue weighted by molar-refractivity contribution is -0.140. The minimum Gasteiger partial charge on any atom is -0.352 e. The lowest BCUT2D eigenvalue weighted by Gasteiger charge is -2.10. The fourth-order valence-corrected chi connectivity index (χ4v) is 1.45. The number of carbonyl (C=O) groups is 1. The molecule has 0 saturated heterocycles. The number of rotatable bonds is 5. The van der Waals surface area contributed by atoms with Crippen LogP contribution in [0.4, 0.5) is 17.6 Å². The van der Waals surface area contributed by atoms with Crippen molar-refractivity contribution >= 4 is 18.3 Å². The molecule has 0 bridgehead atoms. The minimum atomic E-state index is -4.81. The monoisotopic (exact) mass is 314 g/mol. The van der Waals surface area contributed by atoms with E-state index in [-0.39, 0.29) is 18.0 Å². The zero-order chi connectivity index (χ0) is 14.5. The van der Waals surface area contributed by atoms with Gasteiger partial charge in [-0.15, -0.1) is 12.4 Å². The smallest absolute Gasteiger partial charge is 0.352 e. The first kappa shape index (κ1) is 18.7. The van der Waals surface area contributed by atoms with E-state index in [1.807, 2.05) is 0 Å². The first-order valence-electron chi connectivity index (χ1n) is 5.66. The van der Waals surface area contributed by atoms with Crippen LogP contribution in [0.15, 0.2) is 18.2 Å². The van der Waals surface area contributed by atoms with Crippen molar-refractivity contribution in [3.8, 4) is 0 Å². The van der Waals surface area contributed by atoms with E-state index in [1.165, 1.54) is 0 Å². The second kappa shape index (κ2) is 8.06. The van der Waals surface area contributed by atoms with Crippen molar-refractivity contribution in [3.05, 3.63) is 35.1 Å². The van der Waals surface area contributed by atoms with E-state index in [0.29, 0.717) is 31.6 Å². The molecule has 0 radical (unpaired) electrons. The maximum atomic E-state index is 13.0. The summed E-state index contributed by atoms with van der Waals surface area (Å²) in [5.41, 5.74) is -1.64. The standard InChI is InChI=1S/C12H14F4N2O.ClH/c1-17-5-2-6-18-11(19)8-3-4-10(13)9(7-8)12(14,15)16;/h3-4,7,17H,2,5-6H2,1H3,(H,18,19);1H. The van der Waals surface area contributed by atoms with Crippen molar-refractivity contribution in [3.63, 3.8) is 0 Å². The molecule has 0 unspecified atom stereocenters. The molecule has 8 heteroatoms. The van der Waals surface area contributed by atoms with Crippen molar-refractivity contribution in [2.24, 2.45) is 0 Å². The molecular formula is C12H15ClF4N2O. The van der Waals surface area contributed by atoms with Gasteiger partial charge < -0.3 is 10.6 Å². The summed E-state index contributed by atoms with van der Waals surface area (Å²) in [6.45, 7) is 1.01. The van der Waals surface area contributed by atoms with E-state index in [4.69, 9.17) is 0 Å². The van der Waals surface area contributed by atoms with E-state index >= 15 is 0 Å². The van der Waals surface area contributed by atoms with Crippen LogP contribution >= 0.6 is 12.4 Å². The van der Waals surface area contributed by atoms with Crippen molar-refractivity contribution in [1.82, 2.24) is 10.6 Å². The molecule has 0 aromatic heterocycles. The van der Waals surface area contributed by atoms with Crippen LogP contribution in [0.1, 0.15) is 22.3 Å². The van der Waals surface area contributed by atoms with Gasteiger partial charge in [0.2, 0.25) is 0 Å². The summed E-state index contributed by atoms with van der Waals surface area (Å²) in [7, 11) is 1.75. The Kier molecular flexibility index (Phi) is 7.52. The SMILES string of the molecule is CNCCCNC(=O)c1ccc(F)c(C(F)(F)F)c1.Cl. The highest BCUT2D eigenvalue weighted by atomic mass is 35.5. The van der Waals surface area contributed by atoms with Gasteiger partial charge in [-0.25, -0.2) is 4.39 Å². The Balaban J connectivity index is 0.00000361. The summed E-state index contributed by atoms with van der Waals surface area (Å²) in [6, 6.07) is 2.19. The molecule has 0 aliphatic rings. The number of hydrogen-bond donors (Lipinski definition) is 2. The predicted molar refractivity (Wildman–Crippen MR) is 69.5 cm³/mol. The van der Waals surface area contributed by atoms with Crippen molar-refractivity contribution in [2.45, 2.75) is 12.6 Å². The van der Waals surface area contributed by atoms with Crippen LogP contribution in [0.3, 0.4) is 0 Å². The topological polar surface area (TPSA) is 41.1 Å². The molecule has 1 aromatic carbocycles. The highest BCUT2D eigenvalue weighted by Crippen LogP contribution is 2.31. The third kappa shape index (κ3) is 5.34. The van der Waals surface area contributed by atoms with Crippen LogP contribution in [0.5, 0.6) is 0 Å². The number of benzene rings is 1. The third-order valence-corrected chi connectivity index (χ3v) is 2.42. The first-order chi connectivity index (χ1) is 8.86. The highest BCUT2D eigenvalue weighted by Gasteiger charge is 2.34. The molecule has 0 atom stereocenters. The second-order valence-electron chi connectivity index (χ2n) is 3.91. The van der Waals surface area contributed by atoms with Crippen LogP contribution in [0.2, 0.25) is 0 Å². The van der Waals surface area contributed by atoms with Crippen LogP contribution in [-0.4, -0.2) is 26.0 Å². The fourth-order valence-electron chi connectivity index (χ4n) is 1.45. The third-order valence-electron chi connectivity index (χ3n) is 2.42. The Labute approximate surface area is 120 Å². The fraction of sp³-hybridized carbons (Fsp3) is 0.417. The van der Waals surface area contributed by atoms with Crippen LogP contribution in [0.25, 0.3) is 0 Å². The molecule has 1 aromatic rings. The average molecular weight is 315 g/mol. The van der Waals surface area contributed by atoms with Crippen LogP contribution in [-0.2, 0) is 6.18 Å². The van der Waals surface area contributed by atoms with Crippen molar-refractivity contribution in [2.75, 3.05) is 20.1 Å². The average Bonchev–Trinajstić information content (AvgIpc) is 2.33. The number of amides is 1. The van der Waals surface area contributed by atoms with Gasteiger partial charge in [0.25, 0.3) is 5.91 Å². The van der Waals surface area contributed by atoms with Gasteiger partial charge in [0, 0.05) is 12.1 Å².